The van der Waals surface area contributed by atoms with Gasteiger partial charge < -0.3 is 39.4 Å². The summed E-state index contributed by atoms with van der Waals surface area (Å²) in [6.45, 7) is 1.55. The first-order valence-corrected chi connectivity index (χ1v) is 9.20. The average Bonchev–Trinajstić information content (AvgIpc) is 2.71. The van der Waals surface area contributed by atoms with Crippen LogP contribution < -0.4 is 10.2 Å². The van der Waals surface area contributed by atoms with E-state index in [0.717, 1.165) is 6.07 Å². The van der Waals surface area contributed by atoms with Gasteiger partial charge in [-0.2, -0.15) is 0 Å². The van der Waals surface area contributed by atoms with Crippen molar-refractivity contribution >= 4 is 11.0 Å². The van der Waals surface area contributed by atoms with E-state index >= 15 is 0 Å². The highest BCUT2D eigenvalue weighted by molar-refractivity contribution is 5.88. The fourth-order valence-electron chi connectivity index (χ4n) is 3.38. The number of ether oxygens (including phenoxy) is 2. The van der Waals surface area contributed by atoms with Gasteiger partial charge in [0.15, 0.2) is 0 Å². The molecule has 4 rings (SSSR count). The molecule has 5 atom stereocenters. The molecule has 9 nitrogen and oxygen atoms in total. The molecule has 1 aliphatic rings. The van der Waals surface area contributed by atoms with E-state index in [4.69, 9.17) is 13.9 Å². The number of aromatic hydroxyl groups is 2. The highest BCUT2D eigenvalue weighted by Crippen LogP contribution is 2.30. The van der Waals surface area contributed by atoms with Gasteiger partial charge >= 0.3 is 0 Å². The van der Waals surface area contributed by atoms with Crippen LogP contribution in [0.5, 0.6) is 17.2 Å². The van der Waals surface area contributed by atoms with Crippen LogP contribution in [0.3, 0.4) is 0 Å². The third-order valence-corrected chi connectivity index (χ3v) is 5.07. The highest BCUT2D eigenvalue weighted by Gasteiger charge is 2.43. The molecule has 1 aliphatic heterocycles. The predicted octanol–water partition coefficient (Wildman–Crippen LogP) is 1.08. The summed E-state index contributed by atoms with van der Waals surface area (Å²) >= 11 is 0. The third kappa shape index (κ3) is 3.48. The first-order valence-electron chi connectivity index (χ1n) is 9.20. The first-order chi connectivity index (χ1) is 14.3. The van der Waals surface area contributed by atoms with Crippen molar-refractivity contribution in [1.29, 1.82) is 0 Å². The predicted molar refractivity (Wildman–Crippen MR) is 104 cm³/mol. The highest BCUT2D eigenvalue weighted by atomic mass is 16.7. The summed E-state index contributed by atoms with van der Waals surface area (Å²) in [5, 5.41) is 49.1. The Hall–Kier alpha value is -3.11. The SMILES string of the molecule is CC1OC(Oc2ccc(-c3coc4cc(O)cc(O)c4c3=O)cc2)C(O)C(O)C1O. The normalized spacial score (nSPS) is 26.6. The molecule has 2 aromatic carbocycles. The van der Waals surface area contributed by atoms with Gasteiger partial charge in [-0.1, -0.05) is 12.1 Å². The summed E-state index contributed by atoms with van der Waals surface area (Å²) in [6, 6.07) is 8.52. The van der Waals surface area contributed by atoms with Crippen LogP contribution in [0.2, 0.25) is 0 Å². The number of fused-ring (bicyclic) bond motifs is 1. The molecule has 5 unspecified atom stereocenters. The van der Waals surface area contributed by atoms with Crippen LogP contribution in [0.15, 0.2) is 51.9 Å². The Bertz CT molecular complexity index is 1120. The van der Waals surface area contributed by atoms with Crippen LogP contribution in [-0.2, 0) is 4.74 Å². The number of aliphatic hydroxyl groups is 3. The van der Waals surface area contributed by atoms with Gasteiger partial charge in [-0.15, -0.1) is 0 Å². The summed E-state index contributed by atoms with van der Waals surface area (Å²) < 4.78 is 16.3. The minimum Gasteiger partial charge on any atom is -0.508 e. The zero-order valence-electron chi connectivity index (χ0n) is 15.8. The Labute approximate surface area is 170 Å². The molecular weight excluding hydrogens is 396 g/mol. The second kappa shape index (κ2) is 7.62. The summed E-state index contributed by atoms with van der Waals surface area (Å²) in [5.41, 5.74) is 0.259. The fraction of sp³-hybridized carbons (Fsp3) is 0.286. The lowest BCUT2D eigenvalue weighted by Crippen LogP contribution is -2.58. The number of phenols is 2. The molecule has 30 heavy (non-hydrogen) atoms. The van der Waals surface area contributed by atoms with Gasteiger partial charge in [-0.25, -0.2) is 0 Å². The minimum absolute atomic E-state index is 0.0501. The van der Waals surface area contributed by atoms with E-state index in [-0.39, 0.29) is 28.0 Å². The Balaban J connectivity index is 1.60. The third-order valence-electron chi connectivity index (χ3n) is 5.07. The number of aliphatic hydroxyl groups excluding tert-OH is 3. The lowest BCUT2D eigenvalue weighted by Gasteiger charge is -2.38. The molecule has 9 heteroatoms. The van der Waals surface area contributed by atoms with Crippen molar-refractivity contribution < 1.29 is 39.4 Å². The van der Waals surface area contributed by atoms with E-state index in [2.05, 4.69) is 0 Å². The minimum atomic E-state index is -1.44. The molecule has 0 bridgehead atoms. The molecule has 1 saturated heterocycles. The second-order valence-electron chi connectivity index (χ2n) is 7.14. The van der Waals surface area contributed by atoms with Gasteiger partial charge in [0.2, 0.25) is 11.7 Å². The topological polar surface area (TPSA) is 150 Å². The molecule has 0 spiro atoms. The molecular formula is C21H20O9. The van der Waals surface area contributed by atoms with Crippen LogP contribution >= 0.6 is 0 Å². The number of phenolic OH excluding ortho intramolecular Hbond substituents is 2. The maximum Gasteiger partial charge on any atom is 0.229 e. The van der Waals surface area contributed by atoms with Crippen LogP contribution in [-0.4, -0.2) is 56.2 Å². The van der Waals surface area contributed by atoms with Crippen molar-refractivity contribution in [2.24, 2.45) is 0 Å². The zero-order chi connectivity index (χ0) is 21.6. The smallest absolute Gasteiger partial charge is 0.229 e. The van der Waals surface area contributed by atoms with Crippen molar-refractivity contribution in [2.45, 2.75) is 37.6 Å². The van der Waals surface area contributed by atoms with Gasteiger partial charge in [0.1, 0.15) is 52.8 Å². The summed E-state index contributed by atoms with van der Waals surface area (Å²) in [4.78, 5) is 12.8. The van der Waals surface area contributed by atoms with Gasteiger partial charge in [0.25, 0.3) is 0 Å². The van der Waals surface area contributed by atoms with E-state index < -0.39 is 36.1 Å². The molecule has 2 heterocycles. The Morgan fingerprint density at radius 3 is 2.37 bits per heavy atom. The van der Waals surface area contributed by atoms with Crippen molar-refractivity contribution in [3.05, 3.63) is 52.9 Å². The molecule has 1 fully saturated rings. The molecule has 1 aromatic heterocycles. The van der Waals surface area contributed by atoms with Crippen LogP contribution in [0.25, 0.3) is 22.1 Å². The quantitative estimate of drug-likeness (QED) is 0.423. The standard InChI is InChI=1S/C21H20O9/c1-9-17(24)19(26)20(27)21(29-9)30-12-4-2-10(3-5-12)13-8-28-15-7-11(22)6-14(23)16(15)18(13)25/h2-9,17,19-24,26-27H,1H3. The maximum atomic E-state index is 12.8. The largest absolute Gasteiger partial charge is 0.508 e. The summed E-state index contributed by atoms with van der Waals surface area (Å²) in [7, 11) is 0. The summed E-state index contributed by atoms with van der Waals surface area (Å²) in [6.07, 6.45) is -4.77. The summed E-state index contributed by atoms with van der Waals surface area (Å²) in [5.74, 6) is -0.313. The monoisotopic (exact) mass is 416 g/mol. The van der Waals surface area contributed by atoms with Gasteiger partial charge in [-0.3, -0.25) is 4.79 Å². The fourth-order valence-corrected chi connectivity index (χ4v) is 3.38. The number of hydrogen-bond acceptors (Lipinski definition) is 9. The van der Waals surface area contributed by atoms with E-state index in [9.17, 15) is 30.3 Å². The number of rotatable bonds is 3. The van der Waals surface area contributed by atoms with E-state index in [1.807, 2.05) is 0 Å². The van der Waals surface area contributed by atoms with E-state index in [1.165, 1.54) is 24.5 Å². The molecule has 0 radical (unpaired) electrons. The Kier molecular flexibility index (Phi) is 5.12. The van der Waals surface area contributed by atoms with Crippen molar-refractivity contribution in [2.75, 3.05) is 0 Å². The second-order valence-corrected chi connectivity index (χ2v) is 7.14. The van der Waals surface area contributed by atoms with Gasteiger partial charge in [0, 0.05) is 12.1 Å². The van der Waals surface area contributed by atoms with Crippen LogP contribution in [0, 0.1) is 0 Å². The van der Waals surface area contributed by atoms with Crippen molar-refractivity contribution in [1.82, 2.24) is 0 Å². The zero-order valence-corrected chi connectivity index (χ0v) is 15.8. The lowest BCUT2D eigenvalue weighted by molar-refractivity contribution is -0.268. The molecule has 158 valence electrons. The molecule has 0 saturated carbocycles. The Morgan fingerprint density at radius 2 is 1.67 bits per heavy atom. The van der Waals surface area contributed by atoms with Gasteiger partial charge in [0.05, 0.1) is 11.7 Å². The van der Waals surface area contributed by atoms with Crippen LogP contribution in [0.4, 0.5) is 0 Å². The molecule has 5 N–H and O–H groups in total. The molecule has 0 aliphatic carbocycles. The Morgan fingerprint density at radius 1 is 0.967 bits per heavy atom. The van der Waals surface area contributed by atoms with Crippen molar-refractivity contribution in [3.8, 4) is 28.4 Å². The lowest BCUT2D eigenvalue weighted by atomic mass is 10.00. The number of hydrogen-bond donors (Lipinski definition) is 5. The van der Waals surface area contributed by atoms with E-state index in [0.29, 0.717) is 11.3 Å². The van der Waals surface area contributed by atoms with E-state index in [1.54, 1.807) is 19.1 Å². The molecule has 3 aromatic rings. The maximum absolute atomic E-state index is 12.8. The molecule has 0 amide bonds. The van der Waals surface area contributed by atoms with Crippen LogP contribution in [0.1, 0.15) is 6.92 Å². The number of benzene rings is 2. The average molecular weight is 416 g/mol. The van der Waals surface area contributed by atoms with Crippen molar-refractivity contribution in [3.63, 3.8) is 0 Å². The van der Waals surface area contributed by atoms with Gasteiger partial charge in [-0.05, 0) is 24.6 Å². The first kappa shape index (κ1) is 20.2.